The minimum atomic E-state index is -0.762. The van der Waals surface area contributed by atoms with Crippen LogP contribution in [0.1, 0.15) is 18.1 Å². The van der Waals surface area contributed by atoms with Crippen molar-refractivity contribution in [2.45, 2.75) is 19.9 Å². The second kappa shape index (κ2) is 5.44. The highest BCUT2D eigenvalue weighted by molar-refractivity contribution is 5.69. The second-order valence-electron chi connectivity index (χ2n) is 4.36. The average molecular weight is 245 g/mol. The Hall–Kier alpha value is -2.17. The van der Waals surface area contributed by atoms with Crippen LogP contribution in [0.25, 0.3) is 0 Å². The molecule has 0 bridgehead atoms. The van der Waals surface area contributed by atoms with Gasteiger partial charge in [-0.2, -0.15) is 0 Å². The first kappa shape index (κ1) is 12.3. The highest BCUT2D eigenvalue weighted by atomic mass is 16.4. The highest BCUT2D eigenvalue weighted by Gasteiger charge is 2.11. The van der Waals surface area contributed by atoms with E-state index < -0.39 is 5.97 Å². The molecule has 5 nitrogen and oxygen atoms in total. The summed E-state index contributed by atoms with van der Waals surface area (Å²) < 4.78 is 1.74. The van der Waals surface area contributed by atoms with Gasteiger partial charge >= 0.3 is 5.97 Å². The van der Waals surface area contributed by atoms with Gasteiger partial charge in [0.15, 0.2) is 0 Å². The van der Waals surface area contributed by atoms with Gasteiger partial charge in [-0.3, -0.25) is 4.79 Å². The molecule has 5 heteroatoms. The molecule has 1 heterocycles. The molecule has 0 aliphatic carbocycles. The first-order valence-electron chi connectivity index (χ1n) is 5.80. The van der Waals surface area contributed by atoms with E-state index in [1.165, 1.54) is 0 Å². The Bertz CT molecular complexity index is 506. The molecule has 0 saturated carbocycles. The van der Waals surface area contributed by atoms with Gasteiger partial charge in [0.1, 0.15) is 0 Å². The summed E-state index contributed by atoms with van der Waals surface area (Å²) in [7, 11) is 0. The van der Waals surface area contributed by atoms with Crippen molar-refractivity contribution >= 4 is 5.97 Å². The van der Waals surface area contributed by atoms with E-state index in [1.807, 2.05) is 24.3 Å². The standard InChI is InChI=1S/C13H15N3O2/c1-10(13(17)18)8-11-2-4-12(5-3-11)9-16-7-6-14-15-16/h2-7,10H,8-9H2,1H3,(H,17,18). The van der Waals surface area contributed by atoms with Gasteiger partial charge in [-0.25, -0.2) is 4.68 Å². The lowest BCUT2D eigenvalue weighted by Crippen LogP contribution is -2.12. The molecule has 94 valence electrons. The number of hydrogen-bond acceptors (Lipinski definition) is 3. The third kappa shape index (κ3) is 3.16. The maximum atomic E-state index is 10.8. The lowest BCUT2D eigenvalue weighted by molar-refractivity contribution is -0.141. The van der Waals surface area contributed by atoms with Crippen LogP contribution < -0.4 is 0 Å². The number of carboxylic acid groups (broad SMARTS) is 1. The quantitative estimate of drug-likeness (QED) is 0.868. The topological polar surface area (TPSA) is 68.0 Å². The molecule has 1 aromatic carbocycles. The van der Waals surface area contributed by atoms with E-state index in [9.17, 15) is 4.79 Å². The number of carboxylic acids is 1. The van der Waals surface area contributed by atoms with E-state index in [0.717, 1.165) is 11.1 Å². The Morgan fingerprint density at radius 2 is 2.00 bits per heavy atom. The Labute approximate surface area is 105 Å². The number of nitrogens with zero attached hydrogens (tertiary/aromatic N) is 3. The van der Waals surface area contributed by atoms with Crippen molar-refractivity contribution in [3.8, 4) is 0 Å². The van der Waals surface area contributed by atoms with E-state index in [4.69, 9.17) is 5.11 Å². The third-order valence-corrected chi connectivity index (χ3v) is 2.80. The molecule has 1 unspecified atom stereocenters. The van der Waals surface area contributed by atoms with Gasteiger partial charge in [0.05, 0.1) is 18.7 Å². The number of benzene rings is 1. The molecule has 0 amide bonds. The van der Waals surface area contributed by atoms with Gasteiger partial charge in [0, 0.05) is 6.20 Å². The van der Waals surface area contributed by atoms with E-state index in [-0.39, 0.29) is 5.92 Å². The van der Waals surface area contributed by atoms with Gasteiger partial charge in [0.2, 0.25) is 0 Å². The molecule has 1 N–H and O–H groups in total. The van der Waals surface area contributed by atoms with Crippen molar-refractivity contribution in [1.82, 2.24) is 15.0 Å². The highest BCUT2D eigenvalue weighted by Crippen LogP contribution is 2.11. The summed E-state index contributed by atoms with van der Waals surface area (Å²) in [5, 5.41) is 16.5. The van der Waals surface area contributed by atoms with Crippen LogP contribution in [-0.4, -0.2) is 26.1 Å². The Balaban J connectivity index is 1.99. The summed E-state index contributed by atoms with van der Waals surface area (Å²) in [4.78, 5) is 10.8. The first-order valence-corrected chi connectivity index (χ1v) is 5.80. The fourth-order valence-corrected chi connectivity index (χ4v) is 1.73. The van der Waals surface area contributed by atoms with Crippen molar-refractivity contribution in [1.29, 1.82) is 0 Å². The molecule has 0 spiro atoms. The largest absolute Gasteiger partial charge is 0.481 e. The van der Waals surface area contributed by atoms with Crippen LogP contribution in [0.15, 0.2) is 36.7 Å². The summed E-state index contributed by atoms with van der Waals surface area (Å²) in [6.45, 7) is 2.39. The zero-order chi connectivity index (χ0) is 13.0. The average Bonchev–Trinajstić information content (AvgIpc) is 2.84. The van der Waals surface area contributed by atoms with Crippen LogP contribution in [0.3, 0.4) is 0 Å². The van der Waals surface area contributed by atoms with Gasteiger partial charge in [-0.15, -0.1) is 5.10 Å². The molecule has 1 atom stereocenters. The monoisotopic (exact) mass is 245 g/mol. The van der Waals surface area contributed by atoms with E-state index in [2.05, 4.69) is 10.3 Å². The Morgan fingerprint density at radius 3 is 2.56 bits per heavy atom. The number of carbonyl (C=O) groups is 1. The minimum absolute atomic E-state index is 0.355. The van der Waals surface area contributed by atoms with Crippen LogP contribution in [-0.2, 0) is 17.8 Å². The van der Waals surface area contributed by atoms with Crippen molar-refractivity contribution in [3.63, 3.8) is 0 Å². The molecule has 2 aromatic rings. The first-order chi connectivity index (χ1) is 8.65. The number of aliphatic carboxylic acids is 1. The molecule has 1 aromatic heterocycles. The predicted octanol–water partition coefficient (Wildman–Crippen LogP) is 1.59. The summed E-state index contributed by atoms with van der Waals surface area (Å²) in [6.07, 6.45) is 4.00. The van der Waals surface area contributed by atoms with Crippen molar-refractivity contribution in [2.24, 2.45) is 5.92 Å². The minimum Gasteiger partial charge on any atom is -0.481 e. The normalized spacial score (nSPS) is 12.3. The zero-order valence-corrected chi connectivity index (χ0v) is 10.2. The SMILES string of the molecule is CC(Cc1ccc(Cn2ccnn2)cc1)C(=O)O. The van der Waals surface area contributed by atoms with Crippen LogP contribution >= 0.6 is 0 Å². The van der Waals surface area contributed by atoms with Gasteiger partial charge in [0.25, 0.3) is 0 Å². The fraction of sp³-hybridized carbons (Fsp3) is 0.308. The summed E-state index contributed by atoms with van der Waals surface area (Å²) in [5.74, 6) is -1.12. The van der Waals surface area contributed by atoms with E-state index in [1.54, 1.807) is 24.0 Å². The molecule has 0 aliphatic rings. The third-order valence-electron chi connectivity index (χ3n) is 2.80. The van der Waals surface area contributed by atoms with Crippen LogP contribution in [0, 0.1) is 5.92 Å². The number of rotatable bonds is 5. The molecule has 2 rings (SSSR count). The summed E-state index contributed by atoms with van der Waals surface area (Å²) >= 11 is 0. The van der Waals surface area contributed by atoms with Gasteiger partial charge in [-0.1, -0.05) is 36.4 Å². The van der Waals surface area contributed by atoms with Crippen molar-refractivity contribution < 1.29 is 9.90 Å². The maximum absolute atomic E-state index is 10.8. The molecule has 0 saturated heterocycles. The van der Waals surface area contributed by atoms with Crippen LogP contribution in [0.2, 0.25) is 0 Å². The van der Waals surface area contributed by atoms with Crippen molar-refractivity contribution in [3.05, 3.63) is 47.8 Å². The van der Waals surface area contributed by atoms with Crippen LogP contribution in [0.5, 0.6) is 0 Å². The molecule has 0 aliphatic heterocycles. The maximum Gasteiger partial charge on any atom is 0.306 e. The van der Waals surface area contributed by atoms with E-state index in [0.29, 0.717) is 13.0 Å². The van der Waals surface area contributed by atoms with Gasteiger partial charge < -0.3 is 5.11 Å². The van der Waals surface area contributed by atoms with Gasteiger partial charge in [-0.05, 0) is 17.5 Å². The molecular weight excluding hydrogens is 230 g/mol. The number of aromatic nitrogens is 3. The Morgan fingerprint density at radius 1 is 1.33 bits per heavy atom. The second-order valence-corrected chi connectivity index (χ2v) is 4.36. The molecule has 0 fully saturated rings. The summed E-state index contributed by atoms with van der Waals surface area (Å²) in [6, 6.07) is 7.91. The smallest absolute Gasteiger partial charge is 0.306 e. The lowest BCUT2D eigenvalue weighted by Gasteiger charge is -2.07. The summed E-state index contributed by atoms with van der Waals surface area (Å²) in [5.41, 5.74) is 2.15. The number of hydrogen-bond donors (Lipinski definition) is 1. The molecule has 0 radical (unpaired) electrons. The Kier molecular flexibility index (Phi) is 3.72. The van der Waals surface area contributed by atoms with E-state index >= 15 is 0 Å². The lowest BCUT2D eigenvalue weighted by atomic mass is 10.0. The van der Waals surface area contributed by atoms with Crippen LogP contribution in [0.4, 0.5) is 0 Å². The fourth-order valence-electron chi connectivity index (χ4n) is 1.73. The predicted molar refractivity (Wildman–Crippen MR) is 66.1 cm³/mol. The zero-order valence-electron chi connectivity index (χ0n) is 10.2. The van der Waals surface area contributed by atoms with Crippen molar-refractivity contribution in [2.75, 3.05) is 0 Å². The molecular formula is C13H15N3O2. The molecule has 18 heavy (non-hydrogen) atoms.